The van der Waals surface area contributed by atoms with Crippen molar-refractivity contribution in [1.29, 1.82) is 0 Å². The normalized spacial score (nSPS) is 17.6. The van der Waals surface area contributed by atoms with E-state index in [1.807, 2.05) is 0 Å². The Bertz CT molecular complexity index is 445. The van der Waals surface area contributed by atoms with E-state index in [0.29, 0.717) is 6.04 Å². The minimum Gasteiger partial charge on any atom is -0.350 e. The van der Waals surface area contributed by atoms with E-state index in [2.05, 4.69) is 5.32 Å². The maximum atomic E-state index is 12.8. The number of amides is 1. The maximum Gasteiger partial charge on any atom is 0.244 e. The lowest BCUT2D eigenvalue weighted by Crippen LogP contribution is -2.34. The Hall–Kier alpha value is -1.64. The minimum absolute atomic E-state index is 0.0556. The molecule has 3 heteroatoms. The van der Waals surface area contributed by atoms with Crippen LogP contribution in [-0.2, 0) is 4.79 Å². The Balaban J connectivity index is 1.83. The molecule has 1 aliphatic rings. The first-order chi connectivity index (χ1) is 9.74. The fourth-order valence-corrected chi connectivity index (χ4v) is 2.60. The van der Waals surface area contributed by atoms with Crippen LogP contribution < -0.4 is 5.32 Å². The molecule has 1 aliphatic carbocycles. The summed E-state index contributed by atoms with van der Waals surface area (Å²) in [6.07, 6.45) is 11.7. The van der Waals surface area contributed by atoms with Crippen molar-refractivity contribution >= 4 is 12.0 Å². The average molecular weight is 275 g/mol. The van der Waals surface area contributed by atoms with Crippen molar-refractivity contribution in [2.45, 2.75) is 51.0 Å². The zero-order valence-corrected chi connectivity index (χ0v) is 11.8. The molecule has 108 valence electrons. The van der Waals surface area contributed by atoms with E-state index < -0.39 is 0 Å². The first-order valence-corrected chi connectivity index (χ1v) is 7.48. The lowest BCUT2D eigenvalue weighted by molar-refractivity contribution is -0.117. The van der Waals surface area contributed by atoms with E-state index >= 15 is 0 Å². The third kappa shape index (κ3) is 5.16. The van der Waals surface area contributed by atoms with Gasteiger partial charge in [0.2, 0.25) is 5.91 Å². The second-order valence-electron chi connectivity index (χ2n) is 5.44. The van der Waals surface area contributed by atoms with Crippen LogP contribution in [0.3, 0.4) is 0 Å². The Labute approximate surface area is 120 Å². The van der Waals surface area contributed by atoms with E-state index in [1.54, 1.807) is 18.2 Å². The minimum atomic E-state index is -0.263. The van der Waals surface area contributed by atoms with Gasteiger partial charge in [0.05, 0.1) is 0 Å². The molecule has 0 radical (unpaired) electrons. The number of hydrogen-bond donors (Lipinski definition) is 1. The van der Waals surface area contributed by atoms with Gasteiger partial charge in [-0.3, -0.25) is 4.79 Å². The summed E-state index contributed by atoms with van der Waals surface area (Å²) >= 11 is 0. The van der Waals surface area contributed by atoms with Gasteiger partial charge in [-0.25, -0.2) is 4.39 Å². The highest BCUT2D eigenvalue weighted by molar-refractivity contribution is 5.91. The van der Waals surface area contributed by atoms with Gasteiger partial charge in [-0.15, -0.1) is 0 Å². The van der Waals surface area contributed by atoms with Crippen molar-refractivity contribution in [1.82, 2.24) is 5.32 Å². The van der Waals surface area contributed by atoms with Gasteiger partial charge in [-0.2, -0.15) is 0 Å². The molecule has 0 spiro atoms. The van der Waals surface area contributed by atoms with Crippen LogP contribution in [0.2, 0.25) is 0 Å². The zero-order chi connectivity index (χ0) is 14.2. The average Bonchev–Trinajstić information content (AvgIpc) is 2.41. The third-order valence-corrected chi connectivity index (χ3v) is 3.75. The number of benzene rings is 1. The van der Waals surface area contributed by atoms with Crippen LogP contribution in [-0.4, -0.2) is 11.9 Å². The van der Waals surface area contributed by atoms with E-state index in [0.717, 1.165) is 18.4 Å². The molecule has 0 saturated heterocycles. The van der Waals surface area contributed by atoms with Gasteiger partial charge < -0.3 is 5.32 Å². The molecule has 1 aromatic carbocycles. The molecule has 1 N–H and O–H groups in total. The van der Waals surface area contributed by atoms with Crippen molar-refractivity contribution in [2.24, 2.45) is 0 Å². The molecule has 20 heavy (non-hydrogen) atoms. The van der Waals surface area contributed by atoms with Gasteiger partial charge in [0.1, 0.15) is 5.82 Å². The van der Waals surface area contributed by atoms with Crippen molar-refractivity contribution in [2.75, 3.05) is 0 Å². The highest BCUT2D eigenvalue weighted by atomic mass is 19.1. The monoisotopic (exact) mass is 275 g/mol. The Morgan fingerprint density at radius 1 is 1.05 bits per heavy atom. The molecule has 0 aliphatic heterocycles. The van der Waals surface area contributed by atoms with Crippen molar-refractivity contribution in [3.63, 3.8) is 0 Å². The smallest absolute Gasteiger partial charge is 0.244 e. The second kappa shape index (κ2) is 7.83. The van der Waals surface area contributed by atoms with Crippen molar-refractivity contribution in [3.8, 4) is 0 Å². The highest BCUT2D eigenvalue weighted by Gasteiger charge is 2.12. The van der Waals surface area contributed by atoms with Crippen LogP contribution in [0.4, 0.5) is 4.39 Å². The quantitative estimate of drug-likeness (QED) is 0.828. The van der Waals surface area contributed by atoms with E-state index in [4.69, 9.17) is 0 Å². The van der Waals surface area contributed by atoms with Gasteiger partial charge in [0.15, 0.2) is 0 Å². The van der Waals surface area contributed by atoms with E-state index in [-0.39, 0.29) is 11.7 Å². The molecule has 0 atom stereocenters. The Morgan fingerprint density at radius 2 is 1.65 bits per heavy atom. The fourth-order valence-electron chi connectivity index (χ4n) is 2.60. The lowest BCUT2D eigenvalue weighted by Gasteiger charge is -2.20. The van der Waals surface area contributed by atoms with Gasteiger partial charge in [0, 0.05) is 12.1 Å². The second-order valence-corrected chi connectivity index (χ2v) is 5.44. The number of nitrogens with one attached hydrogen (secondary N) is 1. The van der Waals surface area contributed by atoms with Crippen LogP contribution in [0, 0.1) is 5.82 Å². The first-order valence-electron chi connectivity index (χ1n) is 7.48. The summed E-state index contributed by atoms with van der Waals surface area (Å²) < 4.78 is 12.8. The predicted molar refractivity (Wildman–Crippen MR) is 79.7 cm³/mol. The molecular formula is C17H22FNO. The maximum absolute atomic E-state index is 12.8. The predicted octanol–water partition coefficient (Wildman–Crippen LogP) is 4.07. The number of hydrogen-bond acceptors (Lipinski definition) is 1. The molecule has 0 aromatic heterocycles. The summed E-state index contributed by atoms with van der Waals surface area (Å²) in [5, 5.41) is 3.07. The third-order valence-electron chi connectivity index (χ3n) is 3.75. The van der Waals surface area contributed by atoms with Crippen LogP contribution in [0.1, 0.15) is 50.5 Å². The molecule has 0 heterocycles. The van der Waals surface area contributed by atoms with Gasteiger partial charge in [-0.05, 0) is 36.6 Å². The standard InChI is InChI=1S/C17H22FNO/c18-15-11-8-14(9-12-15)10-13-17(20)19-16-6-4-2-1-3-5-7-16/h8-13,16H,1-7H2,(H,19,20)/b13-10+. The molecule has 2 rings (SSSR count). The van der Waals surface area contributed by atoms with Crippen molar-refractivity contribution in [3.05, 3.63) is 41.7 Å². The zero-order valence-electron chi connectivity index (χ0n) is 11.8. The van der Waals surface area contributed by atoms with E-state index in [9.17, 15) is 9.18 Å². The lowest BCUT2D eigenvalue weighted by atomic mass is 9.97. The van der Waals surface area contributed by atoms with E-state index in [1.165, 1.54) is 50.3 Å². The largest absolute Gasteiger partial charge is 0.350 e. The summed E-state index contributed by atoms with van der Waals surface area (Å²) in [5.41, 5.74) is 0.833. The highest BCUT2D eigenvalue weighted by Crippen LogP contribution is 2.17. The SMILES string of the molecule is O=C(/C=C/c1ccc(F)cc1)NC1CCCCCCC1. The summed E-state index contributed by atoms with van der Waals surface area (Å²) in [6, 6.07) is 6.42. The summed E-state index contributed by atoms with van der Waals surface area (Å²) in [5.74, 6) is -0.318. The van der Waals surface area contributed by atoms with Gasteiger partial charge >= 0.3 is 0 Å². The van der Waals surface area contributed by atoms with Crippen LogP contribution in [0.25, 0.3) is 6.08 Å². The van der Waals surface area contributed by atoms with Crippen LogP contribution in [0.15, 0.2) is 30.3 Å². The molecule has 1 saturated carbocycles. The van der Waals surface area contributed by atoms with Crippen molar-refractivity contribution < 1.29 is 9.18 Å². The van der Waals surface area contributed by atoms with Gasteiger partial charge in [-0.1, -0.05) is 44.2 Å². The van der Waals surface area contributed by atoms with Crippen LogP contribution >= 0.6 is 0 Å². The fraction of sp³-hybridized carbons (Fsp3) is 0.471. The molecule has 1 aromatic rings. The Kier molecular flexibility index (Phi) is 5.78. The molecule has 0 bridgehead atoms. The van der Waals surface area contributed by atoms with Gasteiger partial charge in [0.25, 0.3) is 0 Å². The summed E-state index contributed by atoms with van der Waals surface area (Å²) in [4.78, 5) is 11.9. The first kappa shape index (κ1) is 14.8. The number of halogens is 1. The number of rotatable bonds is 3. The molecular weight excluding hydrogens is 253 g/mol. The molecule has 1 fully saturated rings. The number of carbonyl (C=O) groups excluding carboxylic acids is 1. The Morgan fingerprint density at radius 3 is 2.30 bits per heavy atom. The summed E-state index contributed by atoms with van der Waals surface area (Å²) in [7, 11) is 0. The number of carbonyl (C=O) groups is 1. The van der Waals surface area contributed by atoms with Crippen LogP contribution in [0.5, 0.6) is 0 Å². The molecule has 0 unspecified atom stereocenters. The molecule has 2 nitrogen and oxygen atoms in total. The molecule has 1 amide bonds. The summed E-state index contributed by atoms with van der Waals surface area (Å²) in [6.45, 7) is 0. The topological polar surface area (TPSA) is 29.1 Å².